The van der Waals surface area contributed by atoms with Crippen molar-refractivity contribution in [2.24, 2.45) is 0 Å². The topological polar surface area (TPSA) is 42.0 Å². The SMILES string of the molecule is CCc1ccc(N(C(=O)c2ccc(F)cc2)C2CCN(Cc3ccc4c(c3)OCCO4)CC2)cc1. The summed E-state index contributed by atoms with van der Waals surface area (Å²) in [7, 11) is 0. The molecule has 2 aliphatic heterocycles. The van der Waals surface area contributed by atoms with Crippen molar-refractivity contribution in [3.8, 4) is 11.5 Å². The average molecular weight is 475 g/mol. The molecule has 5 nitrogen and oxygen atoms in total. The highest BCUT2D eigenvalue weighted by atomic mass is 19.1. The van der Waals surface area contributed by atoms with Crippen LogP contribution in [0.4, 0.5) is 10.1 Å². The van der Waals surface area contributed by atoms with Crippen molar-refractivity contribution < 1.29 is 18.7 Å². The van der Waals surface area contributed by atoms with Gasteiger partial charge in [-0.25, -0.2) is 4.39 Å². The van der Waals surface area contributed by atoms with E-state index in [2.05, 4.69) is 36.1 Å². The minimum absolute atomic E-state index is 0.0801. The first-order valence-electron chi connectivity index (χ1n) is 12.4. The molecule has 6 heteroatoms. The number of anilines is 1. The Balaban J connectivity index is 1.30. The van der Waals surface area contributed by atoms with Crippen LogP contribution in [0.15, 0.2) is 66.7 Å². The van der Waals surface area contributed by atoms with Gasteiger partial charge in [0.05, 0.1) is 0 Å². The summed E-state index contributed by atoms with van der Waals surface area (Å²) in [6, 6.07) is 20.3. The Morgan fingerprint density at radius 1 is 0.914 bits per heavy atom. The largest absolute Gasteiger partial charge is 0.486 e. The fourth-order valence-corrected chi connectivity index (χ4v) is 4.90. The van der Waals surface area contributed by atoms with Crippen LogP contribution in [0.1, 0.15) is 41.3 Å². The molecule has 0 saturated carbocycles. The molecule has 0 aromatic heterocycles. The summed E-state index contributed by atoms with van der Waals surface area (Å²) >= 11 is 0. The minimum Gasteiger partial charge on any atom is -0.486 e. The normalized spacial score (nSPS) is 16.2. The van der Waals surface area contributed by atoms with Crippen LogP contribution in [0.2, 0.25) is 0 Å². The number of halogens is 1. The van der Waals surface area contributed by atoms with Crippen molar-refractivity contribution in [3.05, 3.63) is 89.2 Å². The third-order valence-corrected chi connectivity index (χ3v) is 6.87. The van der Waals surface area contributed by atoms with Crippen LogP contribution >= 0.6 is 0 Å². The summed E-state index contributed by atoms with van der Waals surface area (Å²) in [4.78, 5) is 17.9. The van der Waals surface area contributed by atoms with Gasteiger partial charge in [0.2, 0.25) is 0 Å². The van der Waals surface area contributed by atoms with Crippen LogP contribution in [-0.2, 0) is 13.0 Å². The molecule has 0 unspecified atom stereocenters. The number of amides is 1. The summed E-state index contributed by atoms with van der Waals surface area (Å²) in [5, 5.41) is 0. The molecule has 3 aromatic rings. The van der Waals surface area contributed by atoms with E-state index in [1.807, 2.05) is 23.1 Å². The van der Waals surface area contributed by atoms with Gasteiger partial charge in [0.25, 0.3) is 5.91 Å². The van der Waals surface area contributed by atoms with E-state index in [-0.39, 0.29) is 17.8 Å². The molecule has 0 N–H and O–H groups in total. The molecule has 5 rings (SSSR count). The maximum Gasteiger partial charge on any atom is 0.258 e. The Hall–Kier alpha value is -3.38. The first-order valence-corrected chi connectivity index (χ1v) is 12.4. The molecule has 0 spiro atoms. The number of ether oxygens (including phenoxy) is 2. The zero-order chi connectivity index (χ0) is 24.2. The van der Waals surface area contributed by atoms with Crippen LogP contribution in [0.5, 0.6) is 11.5 Å². The van der Waals surface area contributed by atoms with Crippen LogP contribution < -0.4 is 14.4 Å². The Labute approximate surface area is 206 Å². The number of nitrogens with zero attached hydrogens (tertiary/aromatic N) is 2. The zero-order valence-electron chi connectivity index (χ0n) is 20.1. The lowest BCUT2D eigenvalue weighted by Crippen LogP contribution is -2.47. The van der Waals surface area contributed by atoms with E-state index in [1.54, 1.807) is 12.1 Å². The summed E-state index contributed by atoms with van der Waals surface area (Å²) < 4.78 is 24.8. The molecule has 0 aliphatic carbocycles. The lowest BCUT2D eigenvalue weighted by Gasteiger charge is -2.39. The molecule has 1 amide bonds. The lowest BCUT2D eigenvalue weighted by molar-refractivity contribution is 0.0958. The van der Waals surface area contributed by atoms with E-state index in [4.69, 9.17) is 9.47 Å². The van der Waals surface area contributed by atoms with E-state index in [0.717, 1.165) is 56.1 Å². The number of carbonyl (C=O) groups is 1. The number of benzene rings is 3. The number of rotatable bonds is 6. The Morgan fingerprint density at radius 3 is 2.26 bits per heavy atom. The van der Waals surface area contributed by atoms with Gasteiger partial charge in [-0.3, -0.25) is 9.69 Å². The number of carbonyl (C=O) groups excluding carboxylic acids is 1. The van der Waals surface area contributed by atoms with Crippen LogP contribution in [0.3, 0.4) is 0 Å². The average Bonchev–Trinajstić information content (AvgIpc) is 2.90. The van der Waals surface area contributed by atoms with Crippen molar-refractivity contribution in [3.63, 3.8) is 0 Å². The summed E-state index contributed by atoms with van der Waals surface area (Å²) in [6.07, 6.45) is 2.68. The highest BCUT2D eigenvalue weighted by Gasteiger charge is 2.30. The van der Waals surface area contributed by atoms with Crippen molar-refractivity contribution >= 4 is 11.6 Å². The van der Waals surface area contributed by atoms with E-state index < -0.39 is 0 Å². The van der Waals surface area contributed by atoms with Crippen LogP contribution in [0, 0.1) is 5.82 Å². The predicted molar refractivity (Wildman–Crippen MR) is 135 cm³/mol. The number of aryl methyl sites for hydroxylation is 1. The van der Waals surface area contributed by atoms with Gasteiger partial charge in [0.15, 0.2) is 11.5 Å². The number of likely N-dealkylation sites (tertiary alicyclic amines) is 1. The van der Waals surface area contributed by atoms with Crippen molar-refractivity contribution in [2.45, 2.75) is 38.8 Å². The van der Waals surface area contributed by atoms with E-state index in [9.17, 15) is 9.18 Å². The van der Waals surface area contributed by atoms with Gasteiger partial charge < -0.3 is 14.4 Å². The van der Waals surface area contributed by atoms with Crippen LogP contribution in [-0.4, -0.2) is 43.2 Å². The summed E-state index contributed by atoms with van der Waals surface area (Å²) in [5.74, 6) is 1.20. The molecule has 35 heavy (non-hydrogen) atoms. The summed E-state index contributed by atoms with van der Waals surface area (Å²) in [6.45, 7) is 5.90. The van der Waals surface area contributed by atoms with E-state index in [1.165, 1.54) is 23.3 Å². The Kier molecular flexibility index (Phi) is 7.00. The van der Waals surface area contributed by atoms with Gasteiger partial charge >= 0.3 is 0 Å². The fourth-order valence-electron chi connectivity index (χ4n) is 4.90. The second kappa shape index (κ2) is 10.5. The molecule has 0 radical (unpaired) electrons. The third kappa shape index (κ3) is 5.33. The molecular formula is C29H31FN2O3. The van der Waals surface area contributed by atoms with E-state index >= 15 is 0 Å². The molecule has 1 saturated heterocycles. The maximum absolute atomic E-state index is 13.6. The van der Waals surface area contributed by atoms with Crippen molar-refractivity contribution in [1.29, 1.82) is 0 Å². The number of hydrogen-bond acceptors (Lipinski definition) is 4. The zero-order valence-corrected chi connectivity index (χ0v) is 20.1. The Morgan fingerprint density at radius 2 is 1.57 bits per heavy atom. The van der Waals surface area contributed by atoms with Crippen molar-refractivity contribution in [2.75, 3.05) is 31.2 Å². The number of hydrogen-bond donors (Lipinski definition) is 0. The molecular weight excluding hydrogens is 443 g/mol. The number of piperidine rings is 1. The molecule has 3 aromatic carbocycles. The van der Waals surface area contributed by atoms with E-state index in [0.29, 0.717) is 18.8 Å². The molecule has 182 valence electrons. The first kappa shape index (κ1) is 23.4. The maximum atomic E-state index is 13.6. The van der Waals surface area contributed by atoms with Gasteiger partial charge in [-0.15, -0.1) is 0 Å². The quantitative estimate of drug-likeness (QED) is 0.475. The minimum atomic E-state index is -0.340. The molecule has 2 heterocycles. The van der Waals surface area contributed by atoms with Gasteiger partial charge in [0.1, 0.15) is 19.0 Å². The summed E-state index contributed by atoms with van der Waals surface area (Å²) in [5.41, 5.74) is 3.82. The smallest absolute Gasteiger partial charge is 0.258 e. The van der Waals surface area contributed by atoms with Crippen LogP contribution in [0.25, 0.3) is 0 Å². The van der Waals surface area contributed by atoms with Crippen molar-refractivity contribution in [1.82, 2.24) is 4.90 Å². The fraction of sp³-hybridized carbons (Fsp3) is 0.345. The molecule has 1 fully saturated rings. The first-order chi connectivity index (χ1) is 17.1. The Bertz CT molecular complexity index is 1160. The predicted octanol–water partition coefficient (Wildman–Crippen LogP) is 5.47. The van der Waals surface area contributed by atoms with Gasteiger partial charge in [-0.2, -0.15) is 0 Å². The second-order valence-corrected chi connectivity index (χ2v) is 9.19. The molecule has 0 bridgehead atoms. The highest BCUT2D eigenvalue weighted by Crippen LogP contribution is 2.32. The molecule has 2 aliphatic rings. The van der Waals surface area contributed by atoms with Gasteiger partial charge in [-0.05, 0) is 78.9 Å². The monoisotopic (exact) mass is 474 g/mol. The van der Waals surface area contributed by atoms with Gasteiger partial charge in [-0.1, -0.05) is 25.1 Å². The molecule has 0 atom stereocenters. The second-order valence-electron chi connectivity index (χ2n) is 9.19. The third-order valence-electron chi connectivity index (χ3n) is 6.87. The lowest BCUT2D eigenvalue weighted by atomic mass is 9.99. The number of fused-ring (bicyclic) bond motifs is 1. The highest BCUT2D eigenvalue weighted by molar-refractivity contribution is 6.06. The standard InChI is InChI=1S/C29H31FN2O3/c1-2-21-3-10-25(11-4-21)32(29(33)23-6-8-24(30)9-7-23)26-13-15-31(16-14-26)20-22-5-12-27-28(19-22)35-18-17-34-27/h3-12,19,26H,2,13-18,20H2,1H3. The van der Waals surface area contributed by atoms with Gasteiger partial charge in [0, 0.05) is 36.9 Å².